The molecule has 1 aromatic heterocycles. The van der Waals surface area contributed by atoms with Gasteiger partial charge in [-0.05, 0) is 12.1 Å². The first-order valence-electron chi connectivity index (χ1n) is 9.16. The van der Waals surface area contributed by atoms with Crippen molar-refractivity contribution < 1.29 is 13.2 Å². The maximum Gasteiger partial charge on any atom is 0.230 e. The second kappa shape index (κ2) is 9.71. The molecule has 1 amide bonds. The highest BCUT2D eigenvalue weighted by molar-refractivity contribution is 7.99. The van der Waals surface area contributed by atoms with Crippen molar-refractivity contribution in [2.24, 2.45) is 0 Å². The summed E-state index contributed by atoms with van der Waals surface area (Å²) in [6.45, 7) is 1.70. The topological polar surface area (TPSA) is 93.9 Å². The van der Waals surface area contributed by atoms with E-state index in [0.717, 1.165) is 11.3 Å². The van der Waals surface area contributed by atoms with Crippen LogP contribution in [0.5, 0.6) is 0 Å². The van der Waals surface area contributed by atoms with Crippen LogP contribution in [-0.2, 0) is 14.6 Å². The van der Waals surface area contributed by atoms with Gasteiger partial charge >= 0.3 is 0 Å². The van der Waals surface area contributed by atoms with Gasteiger partial charge < -0.3 is 5.32 Å². The van der Waals surface area contributed by atoms with Crippen LogP contribution in [0.1, 0.15) is 6.92 Å². The van der Waals surface area contributed by atoms with E-state index in [0.29, 0.717) is 11.0 Å². The number of benzene rings is 2. The van der Waals surface area contributed by atoms with Crippen molar-refractivity contribution in [2.45, 2.75) is 12.1 Å². The lowest BCUT2D eigenvalue weighted by Gasteiger charge is -2.10. The Balaban J connectivity index is 1.74. The minimum Gasteiger partial charge on any atom is -0.354 e. The van der Waals surface area contributed by atoms with Crippen LogP contribution in [0.15, 0.2) is 65.8 Å². The van der Waals surface area contributed by atoms with Gasteiger partial charge in [0.1, 0.15) is 0 Å². The summed E-state index contributed by atoms with van der Waals surface area (Å²) >= 11 is 1.26. The second-order valence-corrected chi connectivity index (χ2v) is 9.63. The minimum atomic E-state index is -3.10. The Morgan fingerprint density at radius 3 is 2.34 bits per heavy atom. The summed E-state index contributed by atoms with van der Waals surface area (Å²) in [6.07, 6.45) is 0. The fraction of sp³-hybridized carbons (Fsp3) is 0.250. The predicted octanol–water partition coefficient (Wildman–Crippen LogP) is 2.58. The zero-order chi connectivity index (χ0) is 20.7. The molecule has 9 heteroatoms. The fourth-order valence-corrected chi connectivity index (χ4v) is 4.10. The molecule has 0 saturated heterocycles. The number of nitrogens with one attached hydrogen (secondary N) is 1. The lowest BCUT2D eigenvalue weighted by atomic mass is 10.2. The largest absolute Gasteiger partial charge is 0.354 e. The molecule has 7 nitrogen and oxygen atoms in total. The van der Waals surface area contributed by atoms with Gasteiger partial charge in [0, 0.05) is 23.5 Å². The minimum absolute atomic E-state index is 0.0573. The van der Waals surface area contributed by atoms with Crippen LogP contribution < -0.4 is 5.32 Å². The Bertz CT molecular complexity index is 1050. The number of para-hydroxylation sites is 1. The highest BCUT2D eigenvalue weighted by atomic mass is 32.2. The van der Waals surface area contributed by atoms with Crippen molar-refractivity contribution in [3.63, 3.8) is 0 Å². The van der Waals surface area contributed by atoms with Gasteiger partial charge in [0.2, 0.25) is 5.91 Å². The van der Waals surface area contributed by atoms with Crippen molar-refractivity contribution in [1.29, 1.82) is 0 Å². The van der Waals surface area contributed by atoms with Gasteiger partial charge in [-0.25, -0.2) is 8.42 Å². The van der Waals surface area contributed by atoms with Crippen molar-refractivity contribution in [3.05, 3.63) is 60.7 Å². The zero-order valence-electron chi connectivity index (χ0n) is 16.0. The molecule has 0 aliphatic carbocycles. The van der Waals surface area contributed by atoms with E-state index in [2.05, 4.69) is 15.5 Å². The first kappa shape index (κ1) is 21.1. The smallest absolute Gasteiger partial charge is 0.230 e. The molecule has 0 fully saturated rings. The van der Waals surface area contributed by atoms with E-state index in [1.807, 2.05) is 65.2 Å². The summed E-state index contributed by atoms with van der Waals surface area (Å²) in [5, 5.41) is 11.8. The number of thioether (sulfide) groups is 1. The van der Waals surface area contributed by atoms with Crippen molar-refractivity contribution in [1.82, 2.24) is 20.1 Å². The molecule has 0 spiro atoms. The van der Waals surface area contributed by atoms with Crippen LogP contribution in [0.3, 0.4) is 0 Å². The van der Waals surface area contributed by atoms with E-state index in [-0.39, 0.29) is 29.7 Å². The maximum absolute atomic E-state index is 12.1. The molecule has 1 N–H and O–H groups in total. The first-order chi connectivity index (χ1) is 14.0. The molecular weight excluding hydrogens is 408 g/mol. The van der Waals surface area contributed by atoms with E-state index < -0.39 is 9.84 Å². The van der Waals surface area contributed by atoms with Gasteiger partial charge in [-0.15, -0.1) is 10.2 Å². The average molecular weight is 431 g/mol. The van der Waals surface area contributed by atoms with Gasteiger partial charge in [-0.2, -0.15) is 0 Å². The second-order valence-electron chi connectivity index (χ2n) is 6.22. The van der Waals surface area contributed by atoms with Crippen LogP contribution in [0.4, 0.5) is 0 Å². The number of amides is 1. The van der Waals surface area contributed by atoms with E-state index >= 15 is 0 Å². The molecule has 0 bridgehead atoms. The molecule has 0 saturated carbocycles. The molecule has 0 atom stereocenters. The van der Waals surface area contributed by atoms with Crippen LogP contribution in [0.2, 0.25) is 0 Å². The van der Waals surface area contributed by atoms with Gasteiger partial charge in [0.25, 0.3) is 0 Å². The maximum atomic E-state index is 12.1. The van der Waals surface area contributed by atoms with E-state index in [4.69, 9.17) is 0 Å². The van der Waals surface area contributed by atoms with Gasteiger partial charge in [-0.1, -0.05) is 67.2 Å². The Morgan fingerprint density at radius 1 is 1.03 bits per heavy atom. The molecule has 1 heterocycles. The molecule has 152 valence electrons. The average Bonchev–Trinajstić information content (AvgIpc) is 3.17. The van der Waals surface area contributed by atoms with Crippen molar-refractivity contribution >= 4 is 27.5 Å². The number of nitrogens with zero attached hydrogens (tertiary/aromatic N) is 3. The molecule has 3 rings (SSSR count). The lowest BCUT2D eigenvalue weighted by molar-refractivity contribution is -0.118. The summed E-state index contributed by atoms with van der Waals surface area (Å²) in [4.78, 5) is 12.1. The third kappa shape index (κ3) is 5.68. The monoisotopic (exact) mass is 430 g/mol. The Hall–Kier alpha value is -2.65. The standard InChI is InChI=1S/C20H22N4O3S2/c1-2-29(26,27)14-13-21-18(25)15-28-20-23-22-19(16-9-5-3-6-10-16)24(20)17-11-7-4-8-12-17/h3-12H,2,13-15H2,1H3,(H,21,25). The van der Waals surface area contributed by atoms with Gasteiger partial charge in [-0.3, -0.25) is 9.36 Å². The van der Waals surface area contributed by atoms with Crippen LogP contribution in [0, 0.1) is 0 Å². The Labute approximate surface area is 174 Å². The first-order valence-corrected chi connectivity index (χ1v) is 12.0. The number of sulfone groups is 1. The van der Waals surface area contributed by atoms with Crippen LogP contribution >= 0.6 is 11.8 Å². The van der Waals surface area contributed by atoms with Gasteiger partial charge in [0.15, 0.2) is 20.8 Å². The third-order valence-corrected chi connectivity index (χ3v) is 6.82. The van der Waals surface area contributed by atoms with E-state index in [9.17, 15) is 13.2 Å². The summed E-state index contributed by atoms with van der Waals surface area (Å²) in [5.74, 6) is 0.573. The molecule has 0 aliphatic rings. The number of aromatic nitrogens is 3. The van der Waals surface area contributed by atoms with Crippen LogP contribution in [0.25, 0.3) is 17.1 Å². The molecule has 0 unspecified atom stereocenters. The third-order valence-electron chi connectivity index (χ3n) is 4.19. The SMILES string of the molecule is CCS(=O)(=O)CCNC(=O)CSc1nnc(-c2ccccc2)n1-c1ccccc1. The fourth-order valence-electron chi connectivity index (χ4n) is 2.62. The Morgan fingerprint density at radius 2 is 1.69 bits per heavy atom. The van der Waals surface area contributed by atoms with Gasteiger partial charge in [0.05, 0.1) is 11.5 Å². The normalized spacial score (nSPS) is 11.3. The van der Waals surface area contributed by atoms with E-state index in [1.165, 1.54) is 11.8 Å². The lowest BCUT2D eigenvalue weighted by Crippen LogP contribution is -2.30. The molecule has 0 radical (unpaired) electrons. The molecule has 29 heavy (non-hydrogen) atoms. The summed E-state index contributed by atoms with van der Waals surface area (Å²) in [5.41, 5.74) is 1.82. The van der Waals surface area contributed by atoms with Crippen LogP contribution in [-0.4, -0.2) is 52.9 Å². The number of rotatable bonds is 9. The van der Waals surface area contributed by atoms with E-state index in [1.54, 1.807) is 6.92 Å². The summed E-state index contributed by atoms with van der Waals surface area (Å²) < 4.78 is 25.0. The number of carbonyl (C=O) groups is 1. The predicted molar refractivity (Wildman–Crippen MR) is 115 cm³/mol. The van der Waals surface area contributed by atoms with Crippen molar-refractivity contribution in [2.75, 3.05) is 23.8 Å². The molecule has 2 aromatic carbocycles. The molecule has 0 aliphatic heterocycles. The molecular formula is C20H22N4O3S2. The summed E-state index contributed by atoms with van der Waals surface area (Å²) in [7, 11) is -3.10. The quantitative estimate of drug-likeness (QED) is 0.525. The Kier molecular flexibility index (Phi) is 7.05. The number of hydrogen-bond acceptors (Lipinski definition) is 6. The van der Waals surface area contributed by atoms with Crippen molar-refractivity contribution in [3.8, 4) is 17.1 Å². The zero-order valence-corrected chi connectivity index (χ0v) is 17.6. The highest BCUT2D eigenvalue weighted by Crippen LogP contribution is 2.27. The summed E-state index contributed by atoms with van der Waals surface area (Å²) in [6, 6.07) is 19.4. The number of carbonyl (C=O) groups excluding carboxylic acids is 1. The highest BCUT2D eigenvalue weighted by Gasteiger charge is 2.17. The number of hydrogen-bond donors (Lipinski definition) is 1. The molecule has 3 aromatic rings.